The molecule has 0 radical (unpaired) electrons. The van der Waals surface area contributed by atoms with Gasteiger partial charge < -0.3 is 28.7 Å². The van der Waals surface area contributed by atoms with Crippen LogP contribution in [0.4, 0.5) is 0 Å². The molecule has 0 aromatic rings. The molecule has 0 bridgehead atoms. The molecule has 0 aliphatic carbocycles. The predicted molar refractivity (Wildman–Crippen MR) is 77.3 cm³/mol. The number of rotatable bonds is 11. The molecule has 1 unspecified atom stereocenters. The van der Waals surface area contributed by atoms with Gasteiger partial charge in [-0.15, -0.1) is 0 Å². The Labute approximate surface area is 126 Å². The Hall–Kier alpha value is -1.31. The number of methoxy groups -OCH3 is 1. The molecule has 0 spiro atoms. The number of ether oxygens (including phenoxy) is 4. The third-order valence-corrected chi connectivity index (χ3v) is 2.98. The second-order valence-electron chi connectivity index (χ2n) is 4.58. The number of hydrogen-bond acceptors (Lipinski definition) is 7. The minimum atomic E-state index is -0.347. The van der Waals surface area contributed by atoms with Crippen LogP contribution in [0, 0.1) is 0 Å². The van der Waals surface area contributed by atoms with Crippen LogP contribution in [0.2, 0.25) is 0 Å². The summed E-state index contributed by atoms with van der Waals surface area (Å²) in [5.74, 6) is -0.269. The van der Waals surface area contributed by atoms with Gasteiger partial charge in [0.1, 0.15) is 0 Å². The van der Waals surface area contributed by atoms with Crippen molar-refractivity contribution in [2.24, 2.45) is 0 Å². The first-order valence-electron chi connectivity index (χ1n) is 7.19. The third-order valence-electron chi connectivity index (χ3n) is 2.98. The maximum Gasteiger partial charge on any atom is 0.311 e. The van der Waals surface area contributed by atoms with Gasteiger partial charge in [0.25, 0.3) is 6.35 Å². The molecule has 1 atom stereocenters. The Bertz CT molecular complexity index is 324. The Morgan fingerprint density at radius 1 is 1.10 bits per heavy atom. The first-order valence-corrected chi connectivity index (χ1v) is 7.19. The molecular formula is C14H26N2O5. The maximum absolute atomic E-state index is 11.7. The van der Waals surface area contributed by atoms with Crippen molar-refractivity contribution in [2.45, 2.75) is 19.7 Å². The second kappa shape index (κ2) is 10.4. The zero-order valence-corrected chi connectivity index (χ0v) is 13.1. The highest BCUT2D eigenvalue weighted by Crippen LogP contribution is 2.14. The molecule has 0 saturated heterocycles. The van der Waals surface area contributed by atoms with Crippen LogP contribution in [-0.4, -0.2) is 75.9 Å². The zero-order chi connectivity index (χ0) is 15.5. The zero-order valence-electron chi connectivity index (χ0n) is 13.1. The van der Waals surface area contributed by atoms with Crippen LogP contribution in [-0.2, 0) is 23.7 Å². The van der Waals surface area contributed by atoms with Crippen molar-refractivity contribution in [3.8, 4) is 0 Å². The highest BCUT2D eigenvalue weighted by molar-refractivity contribution is 5.69. The van der Waals surface area contributed by atoms with Crippen LogP contribution in [0.5, 0.6) is 0 Å². The molecule has 1 rings (SSSR count). The highest BCUT2D eigenvalue weighted by atomic mass is 16.6. The summed E-state index contributed by atoms with van der Waals surface area (Å²) in [6, 6.07) is 0. The fraction of sp³-hybridized carbons (Fsp3) is 0.786. The van der Waals surface area contributed by atoms with Crippen molar-refractivity contribution >= 4 is 5.97 Å². The van der Waals surface area contributed by atoms with Gasteiger partial charge in [-0.3, -0.25) is 4.79 Å². The summed E-state index contributed by atoms with van der Waals surface area (Å²) < 4.78 is 20.8. The van der Waals surface area contributed by atoms with Crippen LogP contribution in [0.1, 0.15) is 13.3 Å². The molecule has 0 fully saturated rings. The molecule has 0 saturated carbocycles. The van der Waals surface area contributed by atoms with E-state index < -0.39 is 0 Å². The molecule has 122 valence electrons. The topological polar surface area (TPSA) is 60.5 Å². The van der Waals surface area contributed by atoms with Gasteiger partial charge in [0.05, 0.1) is 39.5 Å². The van der Waals surface area contributed by atoms with E-state index in [1.807, 2.05) is 36.2 Å². The number of carbonyl (C=O) groups excluding carboxylic acids is 1. The molecule has 0 aromatic heterocycles. The van der Waals surface area contributed by atoms with Crippen molar-refractivity contribution in [1.29, 1.82) is 0 Å². The van der Waals surface area contributed by atoms with Crippen molar-refractivity contribution in [3.63, 3.8) is 0 Å². The lowest BCUT2D eigenvalue weighted by Crippen LogP contribution is -2.40. The molecular weight excluding hydrogens is 276 g/mol. The Kier molecular flexibility index (Phi) is 8.80. The molecule has 0 amide bonds. The minimum absolute atomic E-state index is 0.236. The van der Waals surface area contributed by atoms with E-state index in [1.54, 1.807) is 7.11 Å². The lowest BCUT2D eigenvalue weighted by atomic mass is 10.4. The fourth-order valence-corrected chi connectivity index (χ4v) is 1.78. The average molecular weight is 302 g/mol. The summed E-state index contributed by atoms with van der Waals surface area (Å²) in [5, 5.41) is 0. The van der Waals surface area contributed by atoms with E-state index in [1.165, 1.54) is 0 Å². The van der Waals surface area contributed by atoms with Gasteiger partial charge in [-0.2, -0.15) is 0 Å². The molecule has 7 nitrogen and oxygen atoms in total. The number of carbonyl (C=O) groups is 1. The smallest absolute Gasteiger partial charge is 0.311 e. The van der Waals surface area contributed by atoms with E-state index in [9.17, 15) is 4.79 Å². The summed E-state index contributed by atoms with van der Waals surface area (Å²) in [5.41, 5.74) is 0. The summed E-state index contributed by atoms with van der Waals surface area (Å²) in [6.07, 6.45) is 3.68. The van der Waals surface area contributed by atoms with Crippen molar-refractivity contribution in [3.05, 3.63) is 12.4 Å². The van der Waals surface area contributed by atoms with Gasteiger partial charge in [0, 0.05) is 33.1 Å². The Morgan fingerprint density at radius 2 is 1.76 bits per heavy atom. The molecule has 0 N–H and O–H groups in total. The van der Waals surface area contributed by atoms with Crippen LogP contribution >= 0.6 is 0 Å². The van der Waals surface area contributed by atoms with Gasteiger partial charge in [-0.25, -0.2) is 0 Å². The summed E-state index contributed by atoms with van der Waals surface area (Å²) in [6.45, 7) is 5.22. The summed E-state index contributed by atoms with van der Waals surface area (Å²) >= 11 is 0. The molecule has 1 aliphatic rings. The van der Waals surface area contributed by atoms with E-state index in [2.05, 4.69) is 0 Å². The average Bonchev–Trinajstić information content (AvgIpc) is 2.82. The summed E-state index contributed by atoms with van der Waals surface area (Å²) in [4.78, 5) is 15.5. The van der Waals surface area contributed by atoms with E-state index in [0.717, 1.165) is 6.54 Å². The van der Waals surface area contributed by atoms with Crippen LogP contribution in [0.3, 0.4) is 0 Å². The Balaban J connectivity index is 2.04. The number of nitrogens with zero attached hydrogens (tertiary/aromatic N) is 2. The highest BCUT2D eigenvalue weighted by Gasteiger charge is 2.25. The minimum Gasteiger partial charge on any atom is -0.422 e. The lowest BCUT2D eigenvalue weighted by molar-refractivity contribution is -0.168. The quantitative estimate of drug-likeness (QED) is 0.409. The Morgan fingerprint density at radius 3 is 2.43 bits per heavy atom. The maximum atomic E-state index is 11.7. The van der Waals surface area contributed by atoms with Gasteiger partial charge in [-0.1, -0.05) is 0 Å². The third kappa shape index (κ3) is 6.79. The van der Waals surface area contributed by atoms with E-state index in [4.69, 9.17) is 18.9 Å². The van der Waals surface area contributed by atoms with Gasteiger partial charge in [-0.05, 0) is 6.92 Å². The normalized spacial score (nSPS) is 17.6. The number of esters is 1. The lowest BCUT2D eigenvalue weighted by Gasteiger charge is -2.28. The molecule has 1 aliphatic heterocycles. The molecule has 21 heavy (non-hydrogen) atoms. The molecule has 1 heterocycles. The van der Waals surface area contributed by atoms with Gasteiger partial charge in [0.2, 0.25) is 0 Å². The monoisotopic (exact) mass is 302 g/mol. The SMILES string of the molecule is CCN1C=CN(C)C1OC(=O)CCOCCOCCOC. The number of hydrogen-bond donors (Lipinski definition) is 0. The molecule has 0 aromatic carbocycles. The van der Waals surface area contributed by atoms with Crippen molar-refractivity contribution in [2.75, 3.05) is 53.7 Å². The van der Waals surface area contributed by atoms with Gasteiger partial charge in [0.15, 0.2) is 0 Å². The van der Waals surface area contributed by atoms with E-state index in [0.29, 0.717) is 33.0 Å². The van der Waals surface area contributed by atoms with Crippen LogP contribution < -0.4 is 0 Å². The first-order chi connectivity index (χ1) is 10.2. The van der Waals surface area contributed by atoms with E-state index in [-0.39, 0.29) is 18.7 Å². The van der Waals surface area contributed by atoms with Crippen LogP contribution in [0.25, 0.3) is 0 Å². The summed E-state index contributed by atoms with van der Waals surface area (Å²) in [7, 11) is 3.50. The second-order valence-corrected chi connectivity index (χ2v) is 4.58. The van der Waals surface area contributed by atoms with Gasteiger partial charge >= 0.3 is 5.97 Å². The molecule has 7 heteroatoms. The van der Waals surface area contributed by atoms with E-state index >= 15 is 0 Å². The fourth-order valence-electron chi connectivity index (χ4n) is 1.78. The van der Waals surface area contributed by atoms with Crippen molar-refractivity contribution in [1.82, 2.24) is 9.80 Å². The standard InChI is InChI=1S/C14H26N2O5/c1-4-16-7-6-15(2)14(16)21-13(17)5-8-19-11-12-20-10-9-18-3/h6-7,14H,4-5,8-12H2,1-3H3. The van der Waals surface area contributed by atoms with Crippen molar-refractivity contribution < 1.29 is 23.7 Å². The first kappa shape index (κ1) is 17.7. The predicted octanol–water partition coefficient (Wildman–Crippen LogP) is 0.621. The largest absolute Gasteiger partial charge is 0.422 e. The van der Waals surface area contributed by atoms with Crippen LogP contribution in [0.15, 0.2) is 12.4 Å².